The Morgan fingerprint density at radius 2 is 1.53 bits per heavy atom. The van der Waals surface area contributed by atoms with Crippen LogP contribution >= 0.6 is 0 Å². The van der Waals surface area contributed by atoms with Crippen molar-refractivity contribution in [1.82, 2.24) is 5.32 Å². The topological polar surface area (TPSA) is 104 Å². The fourth-order valence-electron chi connectivity index (χ4n) is 3.89. The number of carboxylic acid groups (broad SMARTS) is 2. The fraction of sp³-hybridized carbons (Fsp3) is 0.375. The number of hydrogen-bond acceptors (Lipinski definition) is 3. The van der Waals surface area contributed by atoms with Gasteiger partial charge in [0.05, 0.1) is 17.8 Å². The summed E-state index contributed by atoms with van der Waals surface area (Å²) in [6, 6.07) is 17.6. The molecule has 6 nitrogen and oxygen atoms in total. The van der Waals surface area contributed by atoms with Gasteiger partial charge in [-0.05, 0) is 42.4 Å². The van der Waals surface area contributed by atoms with Crippen LogP contribution in [-0.2, 0) is 20.8 Å². The molecule has 1 fully saturated rings. The molecule has 30 heavy (non-hydrogen) atoms. The van der Waals surface area contributed by atoms with Crippen LogP contribution in [0.1, 0.15) is 31.7 Å². The van der Waals surface area contributed by atoms with Gasteiger partial charge in [-0.2, -0.15) is 0 Å². The smallest absolute Gasteiger partial charge is 0.307 e. The van der Waals surface area contributed by atoms with Crippen LogP contribution in [0.5, 0.6) is 0 Å². The number of nitrogens with one attached hydrogen (secondary N) is 1. The summed E-state index contributed by atoms with van der Waals surface area (Å²) in [4.78, 5) is 35.2. The Bertz CT molecular complexity index is 894. The Labute approximate surface area is 175 Å². The van der Waals surface area contributed by atoms with Gasteiger partial charge in [0.15, 0.2) is 0 Å². The quantitative estimate of drug-likeness (QED) is 0.587. The minimum absolute atomic E-state index is 0.284. The molecule has 3 rings (SSSR count). The molecule has 2 aromatic rings. The van der Waals surface area contributed by atoms with E-state index >= 15 is 0 Å². The van der Waals surface area contributed by atoms with Crippen molar-refractivity contribution >= 4 is 17.8 Å². The molecular formula is C24H27NO5. The second-order valence-corrected chi connectivity index (χ2v) is 8.08. The molecule has 1 aliphatic carbocycles. The van der Waals surface area contributed by atoms with E-state index in [-0.39, 0.29) is 18.4 Å². The molecule has 158 valence electrons. The molecule has 0 aliphatic heterocycles. The number of carbonyl (C=O) groups excluding carboxylic acids is 1. The van der Waals surface area contributed by atoms with Gasteiger partial charge in [-0.25, -0.2) is 0 Å². The normalized spacial score (nSPS) is 19.9. The summed E-state index contributed by atoms with van der Waals surface area (Å²) in [5.74, 6) is -3.96. The molecule has 1 aliphatic rings. The summed E-state index contributed by atoms with van der Waals surface area (Å²) in [5.41, 5.74) is 3.18. The summed E-state index contributed by atoms with van der Waals surface area (Å²) in [7, 11) is 0. The number of benzene rings is 2. The van der Waals surface area contributed by atoms with Crippen LogP contribution in [0.3, 0.4) is 0 Å². The first-order valence-corrected chi connectivity index (χ1v) is 10.3. The van der Waals surface area contributed by atoms with Gasteiger partial charge in [-0.3, -0.25) is 14.4 Å². The summed E-state index contributed by atoms with van der Waals surface area (Å²) in [6.07, 6.45) is 1.83. The average molecular weight is 409 g/mol. The van der Waals surface area contributed by atoms with Gasteiger partial charge in [-0.1, -0.05) is 61.5 Å². The summed E-state index contributed by atoms with van der Waals surface area (Å²) >= 11 is 0. The Balaban J connectivity index is 1.70. The molecule has 4 atom stereocenters. The number of hydrogen-bond donors (Lipinski definition) is 3. The van der Waals surface area contributed by atoms with Gasteiger partial charge in [0.25, 0.3) is 0 Å². The van der Waals surface area contributed by atoms with Crippen LogP contribution < -0.4 is 5.32 Å². The van der Waals surface area contributed by atoms with Gasteiger partial charge in [0.2, 0.25) is 5.91 Å². The first kappa shape index (κ1) is 21.6. The lowest BCUT2D eigenvalue weighted by Gasteiger charge is -2.33. The first-order valence-electron chi connectivity index (χ1n) is 10.3. The SMILES string of the molecule is C[C@H](C[C@@H](Cc1ccc(-c2ccccc2)cc1)NC(=O)[C@@H]1CCC1C(=O)O)C(=O)O. The maximum Gasteiger partial charge on any atom is 0.307 e. The highest BCUT2D eigenvalue weighted by molar-refractivity contribution is 5.86. The van der Waals surface area contributed by atoms with Crippen molar-refractivity contribution in [2.45, 2.75) is 38.6 Å². The lowest BCUT2D eigenvalue weighted by Crippen LogP contribution is -2.48. The lowest BCUT2D eigenvalue weighted by molar-refractivity contribution is -0.153. The third-order valence-corrected chi connectivity index (χ3v) is 5.88. The molecule has 3 N–H and O–H groups in total. The number of amides is 1. The van der Waals surface area contributed by atoms with E-state index in [1.165, 1.54) is 0 Å². The van der Waals surface area contributed by atoms with Crippen LogP contribution in [-0.4, -0.2) is 34.1 Å². The first-order chi connectivity index (χ1) is 14.3. The molecule has 0 spiro atoms. The molecule has 6 heteroatoms. The Hall–Kier alpha value is -3.15. The zero-order valence-corrected chi connectivity index (χ0v) is 17.0. The van der Waals surface area contributed by atoms with E-state index < -0.39 is 29.7 Å². The van der Waals surface area contributed by atoms with Gasteiger partial charge in [-0.15, -0.1) is 0 Å². The highest BCUT2D eigenvalue weighted by Gasteiger charge is 2.42. The molecule has 0 bridgehead atoms. The number of carboxylic acids is 2. The van der Waals surface area contributed by atoms with Crippen LogP contribution in [0.25, 0.3) is 11.1 Å². The van der Waals surface area contributed by atoms with Crippen molar-refractivity contribution < 1.29 is 24.6 Å². The van der Waals surface area contributed by atoms with Crippen molar-refractivity contribution in [2.24, 2.45) is 17.8 Å². The standard InChI is InChI=1S/C24H27NO5/c1-15(23(27)28)13-19(25-22(26)20-11-12-21(20)24(29)30)14-16-7-9-18(10-8-16)17-5-3-2-4-6-17/h2-10,15,19-21H,11-14H2,1H3,(H,25,26)(H,27,28)(H,29,30)/t15-,19+,20-,21?/m1/s1. The van der Waals surface area contributed by atoms with Gasteiger partial charge in [0, 0.05) is 6.04 Å². The zero-order chi connectivity index (χ0) is 21.7. The predicted molar refractivity (Wildman–Crippen MR) is 113 cm³/mol. The second kappa shape index (κ2) is 9.57. The van der Waals surface area contributed by atoms with Crippen molar-refractivity contribution in [3.05, 3.63) is 60.2 Å². The summed E-state index contributed by atoms with van der Waals surface area (Å²) < 4.78 is 0. The molecule has 2 aromatic carbocycles. The Kier molecular flexibility index (Phi) is 6.87. The minimum atomic E-state index is -0.951. The van der Waals surface area contributed by atoms with E-state index in [0.29, 0.717) is 19.3 Å². The van der Waals surface area contributed by atoms with Crippen LogP contribution in [0.2, 0.25) is 0 Å². The number of aliphatic carboxylic acids is 2. The van der Waals surface area contributed by atoms with E-state index in [1.54, 1.807) is 6.92 Å². The summed E-state index contributed by atoms with van der Waals surface area (Å²) in [5, 5.41) is 21.4. The largest absolute Gasteiger partial charge is 0.481 e. The van der Waals surface area contributed by atoms with Crippen molar-refractivity contribution in [1.29, 1.82) is 0 Å². The number of rotatable bonds is 9. The van der Waals surface area contributed by atoms with Gasteiger partial charge >= 0.3 is 11.9 Å². The van der Waals surface area contributed by atoms with Crippen molar-refractivity contribution in [2.75, 3.05) is 0 Å². The van der Waals surface area contributed by atoms with E-state index in [2.05, 4.69) is 5.32 Å². The minimum Gasteiger partial charge on any atom is -0.481 e. The van der Waals surface area contributed by atoms with E-state index in [9.17, 15) is 24.6 Å². The maximum atomic E-state index is 12.6. The van der Waals surface area contributed by atoms with Crippen molar-refractivity contribution in [3.63, 3.8) is 0 Å². The number of carbonyl (C=O) groups is 3. The molecule has 0 radical (unpaired) electrons. The predicted octanol–water partition coefficient (Wildman–Crippen LogP) is 3.60. The zero-order valence-electron chi connectivity index (χ0n) is 17.0. The van der Waals surface area contributed by atoms with E-state index in [4.69, 9.17) is 0 Å². The highest BCUT2D eigenvalue weighted by atomic mass is 16.4. The Morgan fingerprint density at radius 3 is 2.07 bits per heavy atom. The van der Waals surface area contributed by atoms with E-state index in [1.807, 2.05) is 54.6 Å². The van der Waals surface area contributed by atoms with Crippen molar-refractivity contribution in [3.8, 4) is 11.1 Å². The van der Waals surface area contributed by atoms with Crippen LogP contribution in [0, 0.1) is 17.8 Å². The molecular weight excluding hydrogens is 382 g/mol. The fourth-order valence-corrected chi connectivity index (χ4v) is 3.89. The second-order valence-electron chi connectivity index (χ2n) is 8.08. The Morgan fingerprint density at radius 1 is 0.933 bits per heavy atom. The van der Waals surface area contributed by atoms with E-state index in [0.717, 1.165) is 16.7 Å². The third kappa shape index (κ3) is 5.26. The van der Waals surface area contributed by atoms with Gasteiger partial charge in [0.1, 0.15) is 0 Å². The van der Waals surface area contributed by atoms with Gasteiger partial charge < -0.3 is 15.5 Å². The van der Waals surface area contributed by atoms with Crippen LogP contribution in [0.4, 0.5) is 0 Å². The lowest BCUT2D eigenvalue weighted by atomic mass is 9.73. The molecule has 1 unspecified atom stereocenters. The molecule has 0 aromatic heterocycles. The third-order valence-electron chi connectivity index (χ3n) is 5.88. The molecule has 1 amide bonds. The molecule has 0 saturated heterocycles. The average Bonchev–Trinajstić information content (AvgIpc) is 2.67. The summed E-state index contributed by atoms with van der Waals surface area (Å²) in [6.45, 7) is 1.61. The van der Waals surface area contributed by atoms with Crippen LogP contribution in [0.15, 0.2) is 54.6 Å². The maximum absolute atomic E-state index is 12.6. The molecule has 0 heterocycles. The monoisotopic (exact) mass is 409 g/mol. The molecule has 1 saturated carbocycles. The highest BCUT2D eigenvalue weighted by Crippen LogP contribution is 2.34.